The summed E-state index contributed by atoms with van der Waals surface area (Å²) in [6.07, 6.45) is 1.60. The van der Waals surface area contributed by atoms with E-state index in [1.54, 1.807) is 16.5 Å². The van der Waals surface area contributed by atoms with Gasteiger partial charge in [0.25, 0.3) is 5.91 Å². The lowest BCUT2D eigenvalue weighted by molar-refractivity contribution is 0.0768. The van der Waals surface area contributed by atoms with E-state index >= 15 is 0 Å². The van der Waals surface area contributed by atoms with Gasteiger partial charge in [0.2, 0.25) is 0 Å². The molecule has 0 aliphatic carbocycles. The van der Waals surface area contributed by atoms with E-state index in [1.165, 1.54) is 11.3 Å². The first-order valence-electron chi connectivity index (χ1n) is 5.55. The first-order chi connectivity index (χ1) is 8.26. The van der Waals surface area contributed by atoms with Crippen LogP contribution in [0.15, 0.2) is 28.2 Å². The molecule has 0 aliphatic heterocycles. The van der Waals surface area contributed by atoms with E-state index in [1.807, 2.05) is 26.0 Å². The fourth-order valence-corrected chi connectivity index (χ4v) is 2.32. The Balaban J connectivity index is 2.21. The number of furan rings is 1. The third-order valence-electron chi connectivity index (χ3n) is 2.51. The average Bonchev–Trinajstić information content (AvgIpc) is 3.01. The highest BCUT2D eigenvalue weighted by atomic mass is 32.1. The molecule has 5 heteroatoms. The standard InChI is InChI=1S/C12H14N2O2S/c1-3-14(4-2)12(15)9-8-17-11(13-9)10-6-5-7-16-10/h5-8H,3-4H2,1-2H3. The number of thiazole rings is 1. The van der Waals surface area contributed by atoms with Gasteiger partial charge in [-0.2, -0.15) is 0 Å². The van der Waals surface area contributed by atoms with E-state index in [4.69, 9.17) is 4.42 Å². The van der Waals surface area contributed by atoms with Crippen LogP contribution in [-0.2, 0) is 0 Å². The summed E-state index contributed by atoms with van der Waals surface area (Å²) < 4.78 is 5.25. The van der Waals surface area contributed by atoms with E-state index in [0.29, 0.717) is 24.5 Å². The number of amides is 1. The van der Waals surface area contributed by atoms with Gasteiger partial charge in [0.05, 0.1) is 6.26 Å². The van der Waals surface area contributed by atoms with Crippen molar-refractivity contribution in [3.05, 3.63) is 29.5 Å². The SMILES string of the molecule is CCN(CC)C(=O)c1csc(-c2ccco2)n1. The lowest BCUT2D eigenvalue weighted by Gasteiger charge is -2.16. The van der Waals surface area contributed by atoms with Gasteiger partial charge in [-0.05, 0) is 26.0 Å². The molecule has 0 saturated carbocycles. The predicted molar refractivity (Wildman–Crippen MR) is 67.1 cm³/mol. The van der Waals surface area contributed by atoms with Gasteiger partial charge in [-0.15, -0.1) is 11.3 Å². The Kier molecular flexibility index (Phi) is 3.58. The Morgan fingerprint density at radius 3 is 2.82 bits per heavy atom. The van der Waals surface area contributed by atoms with Crippen LogP contribution in [0.4, 0.5) is 0 Å². The molecule has 0 unspecified atom stereocenters. The molecule has 0 N–H and O–H groups in total. The highest BCUT2D eigenvalue weighted by Gasteiger charge is 2.17. The molecular formula is C12H14N2O2S. The second-order valence-electron chi connectivity index (χ2n) is 3.49. The zero-order valence-corrected chi connectivity index (χ0v) is 10.7. The summed E-state index contributed by atoms with van der Waals surface area (Å²) in [5, 5.41) is 2.52. The number of hydrogen-bond donors (Lipinski definition) is 0. The van der Waals surface area contributed by atoms with E-state index < -0.39 is 0 Å². The summed E-state index contributed by atoms with van der Waals surface area (Å²) >= 11 is 1.42. The maximum Gasteiger partial charge on any atom is 0.273 e. The summed E-state index contributed by atoms with van der Waals surface area (Å²) in [7, 11) is 0. The van der Waals surface area contributed by atoms with Crippen molar-refractivity contribution < 1.29 is 9.21 Å². The average molecular weight is 250 g/mol. The Bertz CT molecular complexity index is 486. The van der Waals surface area contributed by atoms with E-state index in [2.05, 4.69) is 4.98 Å². The Hall–Kier alpha value is -1.62. The lowest BCUT2D eigenvalue weighted by atomic mass is 10.4. The van der Waals surface area contributed by atoms with Crippen molar-refractivity contribution in [1.29, 1.82) is 0 Å². The van der Waals surface area contributed by atoms with Crippen LogP contribution in [0.2, 0.25) is 0 Å². The molecular weight excluding hydrogens is 236 g/mol. The van der Waals surface area contributed by atoms with Crippen molar-refractivity contribution in [2.75, 3.05) is 13.1 Å². The van der Waals surface area contributed by atoms with Crippen LogP contribution in [-0.4, -0.2) is 28.9 Å². The molecule has 2 aromatic heterocycles. The molecule has 2 aromatic rings. The van der Waals surface area contributed by atoms with Crippen molar-refractivity contribution >= 4 is 17.2 Å². The lowest BCUT2D eigenvalue weighted by Crippen LogP contribution is -2.30. The van der Waals surface area contributed by atoms with Gasteiger partial charge in [0, 0.05) is 18.5 Å². The molecule has 17 heavy (non-hydrogen) atoms. The van der Waals surface area contributed by atoms with Crippen molar-refractivity contribution in [3.63, 3.8) is 0 Å². The summed E-state index contributed by atoms with van der Waals surface area (Å²) in [6.45, 7) is 5.31. The molecule has 0 spiro atoms. The quantitative estimate of drug-likeness (QED) is 0.838. The number of rotatable bonds is 4. The second-order valence-corrected chi connectivity index (χ2v) is 4.35. The summed E-state index contributed by atoms with van der Waals surface area (Å²) in [5.41, 5.74) is 0.491. The zero-order valence-electron chi connectivity index (χ0n) is 9.84. The van der Waals surface area contributed by atoms with E-state index in [-0.39, 0.29) is 5.91 Å². The molecule has 0 saturated heterocycles. The molecule has 0 atom stereocenters. The van der Waals surface area contributed by atoms with E-state index in [9.17, 15) is 4.79 Å². The molecule has 0 bridgehead atoms. The third kappa shape index (κ3) is 2.39. The minimum absolute atomic E-state index is 0.0240. The molecule has 1 amide bonds. The normalized spacial score (nSPS) is 10.5. The first kappa shape index (κ1) is 11.9. The zero-order chi connectivity index (χ0) is 12.3. The number of carbonyl (C=O) groups is 1. The summed E-state index contributed by atoms with van der Waals surface area (Å²) in [6, 6.07) is 3.65. The van der Waals surface area contributed by atoms with Crippen molar-refractivity contribution in [1.82, 2.24) is 9.88 Å². The topological polar surface area (TPSA) is 46.3 Å². The molecule has 0 fully saturated rings. The van der Waals surface area contributed by atoms with Crippen LogP contribution in [0.3, 0.4) is 0 Å². The van der Waals surface area contributed by atoms with E-state index in [0.717, 1.165) is 5.01 Å². The van der Waals surface area contributed by atoms with Gasteiger partial charge in [-0.25, -0.2) is 4.98 Å². The molecule has 90 valence electrons. The maximum absolute atomic E-state index is 12.0. The van der Waals surface area contributed by atoms with Crippen LogP contribution >= 0.6 is 11.3 Å². The van der Waals surface area contributed by atoms with Gasteiger partial charge in [-0.3, -0.25) is 4.79 Å². The smallest absolute Gasteiger partial charge is 0.273 e. The molecule has 0 aliphatic rings. The Morgan fingerprint density at radius 1 is 1.47 bits per heavy atom. The van der Waals surface area contributed by atoms with Crippen LogP contribution < -0.4 is 0 Å². The molecule has 2 rings (SSSR count). The van der Waals surface area contributed by atoms with Crippen LogP contribution in [0, 0.1) is 0 Å². The summed E-state index contributed by atoms with van der Waals surface area (Å²) in [4.78, 5) is 18.1. The van der Waals surface area contributed by atoms with Gasteiger partial charge < -0.3 is 9.32 Å². The number of nitrogens with zero attached hydrogens (tertiary/aromatic N) is 2. The summed E-state index contributed by atoms with van der Waals surface area (Å²) in [5.74, 6) is 0.678. The maximum atomic E-state index is 12.0. The second kappa shape index (κ2) is 5.14. The monoisotopic (exact) mass is 250 g/mol. The van der Waals surface area contributed by atoms with Crippen molar-refractivity contribution in [2.24, 2.45) is 0 Å². The van der Waals surface area contributed by atoms with Crippen molar-refractivity contribution in [2.45, 2.75) is 13.8 Å². The Morgan fingerprint density at radius 2 is 2.24 bits per heavy atom. The minimum Gasteiger partial charge on any atom is -0.462 e. The van der Waals surface area contributed by atoms with Gasteiger partial charge >= 0.3 is 0 Å². The van der Waals surface area contributed by atoms with Gasteiger partial charge in [-0.1, -0.05) is 0 Å². The van der Waals surface area contributed by atoms with Gasteiger partial charge in [0.15, 0.2) is 10.8 Å². The number of aromatic nitrogens is 1. The number of hydrogen-bond acceptors (Lipinski definition) is 4. The fourth-order valence-electron chi connectivity index (χ4n) is 1.56. The molecule has 0 radical (unpaired) electrons. The number of carbonyl (C=O) groups excluding carboxylic acids is 1. The molecule has 4 nitrogen and oxygen atoms in total. The highest BCUT2D eigenvalue weighted by molar-refractivity contribution is 7.13. The Labute approximate surface area is 104 Å². The van der Waals surface area contributed by atoms with Gasteiger partial charge in [0.1, 0.15) is 5.69 Å². The predicted octanol–water partition coefficient (Wildman–Crippen LogP) is 2.89. The van der Waals surface area contributed by atoms with Crippen LogP contribution in [0.1, 0.15) is 24.3 Å². The molecule has 2 heterocycles. The fraction of sp³-hybridized carbons (Fsp3) is 0.333. The minimum atomic E-state index is -0.0240. The highest BCUT2D eigenvalue weighted by Crippen LogP contribution is 2.24. The van der Waals surface area contributed by atoms with Crippen molar-refractivity contribution in [3.8, 4) is 10.8 Å². The first-order valence-corrected chi connectivity index (χ1v) is 6.42. The van der Waals surface area contributed by atoms with Crippen LogP contribution in [0.25, 0.3) is 10.8 Å². The molecule has 0 aromatic carbocycles. The largest absolute Gasteiger partial charge is 0.462 e. The third-order valence-corrected chi connectivity index (χ3v) is 3.36. The van der Waals surface area contributed by atoms with Crippen LogP contribution in [0.5, 0.6) is 0 Å².